The molecule has 0 heterocycles. The summed E-state index contributed by atoms with van der Waals surface area (Å²) in [5, 5.41) is 3.47. The van der Waals surface area contributed by atoms with Crippen molar-refractivity contribution in [2.24, 2.45) is 5.92 Å². The fourth-order valence-corrected chi connectivity index (χ4v) is 2.65. The van der Waals surface area contributed by atoms with Gasteiger partial charge in [-0.25, -0.2) is 4.39 Å². The smallest absolute Gasteiger partial charge is 0.123 e. The molecule has 0 amide bonds. The van der Waals surface area contributed by atoms with Crippen LogP contribution in [0.1, 0.15) is 19.4 Å². The lowest BCUT2D eigenvalue weighted by Crippen LogP contribution is -2.34. The van der Waals surface area contributed by atoms with E-state index in [2.05, 4.69) is 41.8 Å². The summed E-state index contributed by atoms with van der Waals surface area (Å²) in [6.45, 7) is 5.23. The molecule has 0 aliphatic rings. The van der Waals surface area contributed by atoms with Gasteiger partial charge < -0.3 is 5.32 Å². The van der Waals surface area contributed by atoms with Crippen molar-refractivity contribution < 1.29 is 4.39 Å². The summed E-state index contributed by atoms with van der Waals surface area (Å²) in [5.74, 6) is 0.454. The zero-order valence-corrected chi connectivity index (χ0v) is 11.3. The van der Waals surface area contributed by atoms with Crippen molar-refractivity contribution in [3.8, 4) is 0 Å². The predicted octanol–water partition coefficient (Wildman–Crippen LogP) is 3.37. The predicted molar refractivity (Wildman–Crippen MR) is 70.8 cm³/mol. The Balaban J connectivity index is 2.45. The molecule has 0 saturated carbocycles. The summed E-state index contributed by atoms with van der Waals surface area (Å²) in [6.07, 6.45) is 0. The third kappa shape index (κ3) is 4.47. The van der Waals surface area contributed by atoms with Crippen LogP contribution in [0.25, 0.3) is 0 Å². The quantitative estimate of drug-likeness (QED) is 0.648. The minimum Gasteiger partial charge on any atom is -0.309 e. The van der Waals surface area contributed by atoms with E-state index in [9.17, 15) is 4.39 Å². The van der Waals surface area contributed by atoms with Crippen molar-refractivity contribution in [1.29, 1.82) is 0 Å². The molecule has 0 spiro atoms. The van der Waals surface area contributed by atoms with Crippen LogP contribution >= 0.6 is 22.6 Å². The molecule has 0 aliphatic heterocycles. The molecule has 1 N–H and O–H groups in total. The van der Waals surface area contributed by atoms with Crippen LogP contribution in [0.2, 0.25) is 0 Å². The summed E-state index contributed by atoms with van der Waals surface area (Å²) < 4.78 is 13.8. The number of hydrogen-bond donors (Lipinski definition) is 1. The molecule has 84 valence electrons. The van der Waals surface area contributed by atoms with Crippen molar-refractivity contribution in [3.63, 3.8) is 0 Å². The summed E-state index contributed by atoms with van der Waals surface area (Å²) in [5.41, 5.74) is 1.13. The minimum absolute atomic E-state index is 0.173. The largest absolute Gasteiger partial charge is 0.309 e. The molecule has 1 aromatic carbocycles. The SMILES string of the molecule is CC(C)C(CI)NCc1ccc(F)cc1. The van der Waals surface area contributed by atoms with Gasteiger partial charge in [-0.15, -0.1) is 0 Å². The first-order valence-electron chi connectivity index (χ1n) is 5.17. The van der Waals surface area contributed by atoms with E-state index in [-0.39, 0.29) is 5.82 Å². The first kappa shape index (κ1) is 12.9. The van der Waals surface area contributed by atoms with E-state index < -0.39 is 0 Å². The maximum atomic E-state index is 12.7. The third-order valence-electron chi connectivity index (χ3n) is 2.45. The zero-order valence-electron chi connectivity index (χ0n) is 9.13. The molecular weight excluding hydrogens is 304 g/mol. The second kappa shape index (κ2) is 6.43. The van der Waals surface area contributed by atoms with Crippen LogP contribution in [-0.2, 0) is 6.54 Å². The van der Waals surface area contributed by atoms with Gasteiger partial charge in [-0.05, 0) is 23.6 Å². The number of alkyl halides is 1. The van der Waals surface area contributed by atoms with Gasteiger partial charge in [-0.2, -0.15) is 0 Å². The molecule has 1 unspecified atom stereocenters. The molecule has 0 bridgehead atoms. The van der Waals surface area contributed by atoms with Crippen LogP contribution < -0.4 is 5.32 Å². The molecule has 1 atom stereocenters. The lowest BCUT2D eigenvalue weighted by atomic mass is 10.1. The fourth-order valence-electron chi connectivity index (χ4n) is 1.32. The van der Waals surface area contributed by atoms with E-state index in [1.807, 2.05) is 12.1 Å². The molecule has 0 aromatic heterocycles. The summed E-state index contributed by atoms with van der Waals surface area (Å²) in [6, 6.07) is 7.19. The van der Waals surface area contributed by atoms with Crippen molar-refractivity contribution >= 4 is 22.6 Å². The van der Waals surface area contributed by atoms with Gasteiger partial charge in [-0.1, -0.05) is 48.6 Å². The van der Waals surface area contributed by atoms with E-state index in [1.165, 1.54) is 12.1 Å². The Morgan fingerprint density at radius 2 is 1.87 bits per heavy atom. The lowest BCUT2D eigenvalue weighted by Gasteiger charge is -2.19. The van der Waals surface area contributed by atoms with Crippen molar-refractivity contribution in [3.05, 3.63) is 35.6 Å². The van der Waals surface area contributed by atoms with Crippen LogP contribution in [0.5, 0.6) is 0 Å². The Morgan fingerprint density at radius 1 is 1.27 bits per heavy atom. The van der Waals surface area contributed by atoms with E-state index in [0.717, 1.165) is 16.5 Å². The first-order chi connectivity index (χ1) is 7.13. The summed E-state index contributed by atoms with van der Waals surface area (Å²) in [7, 11) is 0. The second-order valence-corrected chi connectivity index (χ2v) is 4.89. The average molecular weight is 321 g/mol. The highest BCUT2D eigenvalue weighted by atomic mass is 127. The van der Waals surface area contributed by atoms with Gasteiger partial charge in [0, 0.05) is 17.0 Å². The average Bonchev–Trinajstić information content (AvgIpc) is 2.21. The van der Waals surface area contributed by atoms with Crippen LogP contribution in [0, 0.1) is 11.7 Å². The highest BCUT2D eigenvalue weighted by molar-refractivity contribution is 14.1. The Bertz CT molecular complexity index is 284. The van der Waals surface area contributed by atoms with Gasteiger partial charge in [0.2, 0.25) is 0 Å². The number of rotatable bonds is 5. The number of halogens is 2. The molecule has 0 aliphatic carbocycles. The van der Waals surface area contributed by atoms with Crippen LogP contribution in [-0.4, -0.2) is 10.5 Å². The van der Waals surface area contributed by atoms with Gasteiger partial charge in [0.25, 0.3) is 0 Å². The van der Waals surface area contributed by atoms with Crippen LogP contribution in [0.3, 0.4) is 0 Å². The van der Waals surface area contributed by atoms with E-state index >= 15 is 0 Å². The van der Waals surface area contributed by atoms with Gasteiger partial charge in [0.1, 0.15) is 5.82 Å². The van der Waals surface area contributed by atoms with Crippen molar-refractivity contribution in [1.82, 2.24) is 5.32 Å². The van der Waals surface area contributed by atoms with Crippen LogP contribution in [0.4, 0.5) is 4.39 Å². The lowest BCUT2D eigenvalue weighted by molar-refractivity contribution is 0.436. The van der Waals surface area contributed by atoms with Gasteiger partial charge in [0.15, 0.2) is 0 Å². The topological polar surface area (TPSA) is 12.0 Å². The number of hydrogen-bond acceptors (Lipinski definition) is 1. The summed E-state index contributed by atoms with van der Waals surface area (Å²) >= 11 is 2.39. The van der Waals surface area contributed by atoms with E-state index in [4.69, 9.17) is 0 Å². The summed E-state index contributed by atoms with van der Waals surface area (Å²) in [4.78, 5) is 0. The standard InChI is InChI=1S/C12H17FIN/c1-9(2)12(7-14)15-8-10-3-5-11(13)6-4-10/h3-6,9,12,15H,7-8H2,1-2H3. The molecule has 0 saturated heterocycles. The third-order valence-corrected chi connectivity index (χ3v) is 3.40. The van der Waals surface area contributed by atoms with Gasteiger partial charge >= 0.3 is 0 Å². The van der Waals surface area contributed by atoms with Crippen molar-refractivity contribution in [2.75, 3.05) is 4.43 Å². The Morgan fingerprint density at radius 3 is 2.33 bits per heavy atom. The van der Waals surface area contributed by atoms with E-state index in [0.29, 0.717) is 12.0 Å². The number of nitrogens with one attached hydrogen (secondary N) is 1. The molecule has 0 fully saturated rings. The molecule has 0 radical (unpaired) electrons. The normalized spacial score (nSPS) is 13.1. The molecule has 1 rings (SSSR count). The second-order valence-electron chi connectivity index (χ2n) is 4.01. The maximum absolute atomic E-state index is 12.7. The Hall–Kier alpha value is -0.160. The molecule has 1 aromatic rings. The fraction of sp³-hybridized carbons (Fsp3) is 0.500. The van der Waals surface area contributed by atoms with Crippen molar-refractivity contribution in [2.45, 2.75) is 26.4 Å². The molecule has 3 heteroatoms. The highest BCUT2D eigenvalue weighted by Crippen LogP contribution is 2.07. The maximum Gasteiger partial charge on any atom is 0.123 e. The molecule has 1 nitrogen and oxygen atoms in total. The highest BCUT2D eigenvalue weighted by Gasteiger charge is 2.10. The minimum atomic E-state index is -0.173. The zero-order chi connectivity index (χ0) is 11.3. The first-order valence-corrected chi connectivity index (χ1v) is 6.70. The van der Waals surface area contributed by atoms with E-state index in [1.54, 1.807) is 0 Å². The van der Waals surface area contributed by atoms with Gasteiger partial charge in [0.05, 0.1) is 0 Å². The monoisotopic (exact) mass is 321 g/mol. The Kier molecular flexibility index (Phi) is 5.53. The van der Waals surface area contributed by atoms with Crippen LogP contribution in [0.15, 0.2) is 24.3 Å². The molecular formula is C12H17FIN. The molecule has 15 heavy (non-hydrogen) atoms. The Labute approximate surface area is 105 Å². The number of benzene rings is 1. The van der Waals surface area contributed by atoms with Gasteiger partial charge in [-0.3, -0.25) is 0 Å².